The van der Waals surface area contributed by atoms with Gasteiger partial charge in [0.2, 0.25) is 0 Å². The lowest BCUT2D eigenvalue weighted by Gasteiger charge is -2.10. The van der Waals surface area contributed by atoms with Crippen molar-refractivity contribution in [3.63, 3.8) is 0 Å². The number of pyridine rings is 1. The largest absolute Gasteiger partial charge is 0.364 e. The minimum Gasteiger partial charge on any atom is -0.364 e. The summed E-state index contributed by atoms with van der Waals surface area (Å²) in [6, 6.07) is 6.16. The molecule has 1 aliphatic carbocycles. The Labute approximate surface area is 154 Å². The van der Waals surface area contributed by atoms with E-state index in [0.29, 0.717) is 12.5 Å². The lowest BCUT2D eigenvalue weighted by Crippen LogP contribution is -2.00. The highest BCUT2D eigenvalue weighted by Crippen LogP contribution is 2.31. The predicted octanol–water partition coefficient (Wildman–Crippen LogP) is 4.26. The number of hydrogen-bond donors (Lipinski definition) is 2. The van der Waals surface area contributed by atoms with Crippen LogP contribution >= 0.6 is 0 Å². The molecule has 0 unspecified atom stereocenters. The second kappa shape index (κ2) is 7.72. The molecule has 4 rings (SSSR count). The molecular weight excluding hydrogens is 324 g/mol. The lowest BCUT2D eigenvalue weighted by atomic mass is 9.97. The number of aromatic amines is 1. The Hall–Kier alpha value is -2.63. The van der Waals surface area contributed by atoms with Crippen LogP contribution in [0.3, 0.4) is 0 Å². The summed E-state index contributed by atoms with van der Waals surface area (Å²) < 4.78 is 1.86. The molecule has 0 amide bonds. The average Bonchev–Trinajstić information content (AvgIpc) is 3.18. The number of nitrogens with one attached hydrogen (secondary N) is 2. The van der Waals surface area contributed by atoms with E-state index in [4.69, 9.17) is 0 Å². The van der Waals surface area contributed by atoms with E-state index in [-0.39, 0.29) is 0 Å². The first-order valence-electron chi connectivity index (χ1n) is 9.51. The van der Waals surface area contributed by atoms with Crippen molar-refractivity contribution in [2.75, 3.05) is 5.32 Å². The van der Waals surface area contributed by atoms with Crippen LogP contribution in [-0.4, -0.2) is 25.0 Å². The van der Waals surface area contributed by atoms with E-state index in [2.05, 4.69) is 37.9 Å². The van der Waals surface area contributed by atoms with Gasteiger partial charge in [0, 0.05) is 61.0 Å². The summed E-state index contributed by atoms with van der Waals surface area (Å²) in [4.78, 5) is 4.09. The highest BCUT2D eigenvalue weighted by molar-refractivity contribution is 5.62. The molecule has 26 heavy (non-hydrogen) atoms. The van der Waals surface area contributed by atoms with Crippen LogP contribution < -0.4 is 5.32 Å². The molecule has 0 radical (unpaired) electrons. The predicted molar refractivity (Wildman–Crippen MR) is 103 cm³/mol. The summed E-state index contributed by atoms with van der Waals surface area (Å²) in [5.41, 5.74) is 4.49. The van der Waals surface area contributed by atoms with Crippen molar-refractivity contribution in [1.82, 2.24) is 25.0 Å². The summed E-state index contributed by atoms with van der Waals surface area (Å²) >= 11 is 0. The second-order valence-corrected chi connectivity index (χ2v) is 7.16. The summed E-state index contributed by atoms with van der Waals surface area (Å²) in [5.74, 6) is 1.54. The lowest BCUT2D eigenvalue weighted by molar-refractivity contribution is 0.576. The summed E-state index contributed by atoms with van der Waals surface area (Å²) in [6.45, 7) is 0.695. The Morgan fingerprint density at radius 1 is 1.15 bits per heavy atom. The molecule has 2 N–H and O–H groups in total. The highest BCUT2D eigenvalue weighted by Gasteiger charge is 2.17. The zero-order valence-electron chi connectivity index (χ0n) is 15.3. The minimum atomic E-state index is 0.631. The molecule has 1 saturated carbocycles. The monoisotopic (exact) mass is 350 g/mol. The van der Waals surface area contributed by atoms with Gasteiger partial charge in [-0.05, 0) is 25.0 Å². The molecule has 3 aromatic rings. The van der Waals surface area contributed by atoms with Crippen LogP contribution in [-0.2, 0) is 13.6 Å². The van der Waals surface area contributed by atoms with E-state index in [9.17, 15) is 0 Å². The molecule has 0 spiro atoms. The molecule has 136 valence electrons. The first kappa shape index (κ1) is 16.8. The third kappa shape index (κ3) is 3.79. The molecule has 6 heteroatoms. The van der Waals surface area contributed by atoms with Crippen LogP contribution in [0.2, 0.25) is 0 Å². The van der Waals surface area contributed by atoms with Crippen LogP contribution in [0, 0.1) is 0 Å². The van der Waals surface area contributed by atoms with Crippen molar-refractivity contribution in [1.29, 1.82) is 0 Å². The van der Waals surface area contributed by atoms with Crippen LogP contribution in [0.15, 0.2) is 36.8 Å². The van der Waals surface area contributed by atoms with Gasteiger partial charge in [-0.2, -0.15) is 10.2 Å². The zero-order valence-corrected chi connectivity index (χ0v) is 15.3. The van der Waals surface area contributed by atoms with Gasteiger partial charge in [-0.3, -0.25) is 14.8 Å². The van der Waals surface area contributed by atoms with Crippen molar-refractivity contribution in [3.05, 3.63) is 48.0 Å². The molecular formula is C20H26N6. The van der Waals surface area contributed by atoms with Crippen LogP contribution in [0.4, 0.5) is 5.82 Å². The van der Waals surface area contributed by atoms with Gasteiger partial charge in [0.05, 0.1) is 5.69 Å². The number of aromatic nitrogens is 5. The van der Waals surface area contributed by atoms with Gasteiger partial charge >= 0.3 is 0 Å². The quantitative estimate of drug-likeness (QED) is 0.675. The molecule has 1 fully saturated rings. The molecule has 3 aromatic heterocycles. The molecule has 0 aromatic carbocycles. The normalized spacial score (nSPS) is 15.7. The maximum absolute atomic E-state index is 4.60. The van der Waals surface area contributed by atoms with Crippen molar-refractivity contribution in [2.45, 2.75) is 51.0 Å². The standard InChI is InChI=1S/C20H26N6/c1-26-14-17(20(25-26)16-8-10-21-11-9-16)13-22-19-12-18(23-24-19)15-6-4-2-3-5-7-15/h8-12,14-15H,2-7,13H2,1H3,(H2,22,23,24). The highest BCUT2D eigenvalue weighted by atomic mass is 15.3. The molecule has 0 aliphatic heterocycles. The summed E-state index contributed by atoms with van der Waals surface area (Å²) in [7, 11) is 1.95. The Bertz CT molecular complexity index is 827. The number of anilines is 1. The molecule has 1 aliphatic rings. The number of H-pyrrole nitrogens is 1. The number of nitrogens with zero attached hydrogens (tertiary/aromatic N) is 4. The SMILES string of the molecule is Cn1cc(CNc2cc(C3CCCCCC3)[nH]n2)c(-c2ccncc2)n1. The Morgan fingerprint density at radius 3 is 2.69 bits per heavy atom. The van der Waals surface area contributed by atoms with Crippen molar-refractivity contribution in [2.24, 2.45) is 7.05 Å². The summed E-state index contributed by atoms with van der Waals surface area (Å²) in [5, 5.41) is 15.8. The maximum atomic E-state index is 4.60. The molecule has 6 nitrogen and oxygen atoms in total. The minimum absolute atomic E-state index is 0.631. The number of aryl methyl sites for hydroxylation is 1. The van der Waals surface area contributed by atoms with Gasteiger partial charge < -0.3 is 5.32 Å². The van der Waals surface area contributed by atoms with E-state index in [1.807, 2.05) is 23.9 Å². The second-order valence-electron chi connectivity index (χ2n) is 7.16. The third-order valence-electron chi connectivity index (χ3n) is 5.21. The van der Waals surface area contributed by atoms with E-state index in [1.165, 1.54) is 44.2 Å². The Morgan fingerprint density at radius 2 is 1.92 bits per heavy atom. The van der Waals surface area contributed by atoms with Crippen molar-refractivity contribution >= 4 is 5.82 Å². The summed E-state index contributed by atoms with van der Waals surface area (Å²) in [6.07, 6.45) is 13.6. The molecule has 0 saturated heterocycles. The van der Waals surface area contributed by atoms with Crippen LogP contribution in [0.25, 0.3) is 11.3 Å². The van der Waals surface area contributed by atoms with E-state index < -0.39 is 0 Å². The van der Waals surface area contributed by atoms with Crippen molar-refractivity contribution in [3.8, 4) is 11.3 Å². The van der Waals surface area contributed by atoms with Gasteiger partial charge in [-0.15, -0.1) is 0 Å². The van der Waals surface area contributed by atoms with Gasteiger partial charge in [-0.1, -0.05) is 25.7 Å². The van der Waals surface area contributed by atoms with Crippen molar-refractivity contribution < 1.29 is 0 Å². The van der Waals surface area contributed by atoms with Gasteiger partial charge in [0.25, 0.3) is 0 Å². The van der Waals surface area contributed by atoms with Gasteiger partial charge in [0.15, 0.2) is 0 Å². The van der Waals surface area contributed by atoms with E-state index >= 15 is 0 Å². The van der Waals surface area contributed by atoms with Crippen LogP contribution in [0.5, 0.6) is 0 Å². The number of hydrogen-bond acceptors (Lipinski definition) is 4. The molecule has 3 heterocycles. The zero-order chi connectivity index (χ0) is 17.8. The first-order chi connectivity index (χ1) is 12.8. The maximum Gasteiger partial charge on any atom is 0.148 e. The Balaban J connectivity index is 1.45. The first-order valence-corrected chi connectivity index (χ1v) is 9.51. The Kier molecular flexibility index (Phi) is 5.00. The number of rotatable bonds is 5. The fraction of sp³-hybridized carbons (Fsp3) is 0.450. The third-order valence-corrected chi connectivity index (χ3v) is 5.21. The van der Waals surface area contributed by atoms with Gasteiger partial charge in [-0.25, -0.2) is 0 Å². The van der Waals surface area contributed by atoms with E-state index in [0.717, 1.165) is 22.6 Å². The van der Waals surface area contributed by atoms with E-state index in [1.54, 1.807) is 12.4 Å². The molecule has 0 bridgehead atoms. The average molecular weight is 350 g/mol. The topological polar surface area (TPSA) is 71.4 Å². The fourth-order valence-electron chi connectivity index (χ4n) is 3.83. The molecule has 0 atom stereocenters. The van der Waals surface area contributed by atoms with Crippen LogP contribution in [0.1, 0.15) is 55.7 Å². The smallest absolute Gasteiger partial charge is 0.148 e. The van der Waals surface area contributed by atoms with Gasteiger partial charge in [0.1, 0.15) is 5.82 Å². The fourth-order valence-corrected chi connectivity index (χ4v) is 3.83.